The Morgan fingerprint density at radius 2 is 2.08 bits per heavy atom. The van der Waals surface area contributed by atoms with E-state index in [4.69, 9.17) is 9.47 Å². The van der Waals surface area contributed by atoms with Crippen molar-refractivity contribution in [1.82, 2.24) is 0 Å². The fourth-order valence-electron chi connectivity index (χ4n) is 1.66. The SMILES string of the molecule is CC(C)OCC1(C)C=CC2(CC2)O1. The van der Waals surface area contributed by atoms with Crippen LogP contribution in [0.4, 0.5) is 0 Å². The summed E-state index contributed by atoms with van der Waals surface area (Å²) in [5.74, 6) is 0. The molecule has 0 aromatic carbocycles. The highest BCUT2D eigenvalue weighted by atomic mass is 16.6. The summed E-state index contributed by atoms with van der Waals surface area (Å²) in [7, 11) is 0. The van der Waals surface area contributed by atoms with Gasteiger partial charge in [-0.15, -0.1) is 0 Å². The predicted molar refractivity (Wildman–Crippen MR) is 51.7 cm³/mol. The summed E-state index contributed by atoms with van der Waals surface area (Å²) in [6.07, 6.45) is 7.00. The van der Waals surface area contributed by atoms with Crippen LogP contribution in [0.3, 0.4) is 0 Å². The molecule has 2 aliphatic rings. The van der Waals surface area contributed by atoms with Crippen molar-refractivity contribution in [2.24, 2.45) is 0 Å². The van der Waals surface area contributed by atoms with Gasteiger partial charge in [0.25, 0.3) is 0 Å². The lowest BCUT2D eigenvalue weighted by molar-refractivity contribution is -0.0867. The zero-order valence-electron chi connectivity index (χ0n) is 8.67. The van der Waals surface area contributed by atoms with Crippen molar-refractivity contribution in [2.75, 3.05) is 6.61 Å². The third kappa shape index (κ3) is 1.94. The van der Waals surface area contributed by atoms with Gasteiger partial charge in [-0.3, -0.25) is 0 Å². The van der Waals surface area contributed by atoms with E-state index in [1.54, 1.807) is 0 Å². The number of hydrogen-bond acceptors (Lipinski definition) is 2. The van der Waals surface area contributed by atoms with E-state index in [0.29, 0.717) is 6.61 Å². The molecule has 1 spiro atoms. The first-order valence-corrected chi connectivity index (χ1v) is 5.06. The van der Waals surface area contributed by atoms with E-state index in [0.717, 1.165) is 0 Å². The minimum Gasteiger partial charge on any atom is -0.375 e. The Kier molecular flexibility index (Phi) is 2.00. The zero-order valence-corrected chi connectivity index (χ0v) is 8.67. The average molecular weight is 182 g/mol. The summed E-state index contributed by atoms with van der Waals surface area (Å²) < 4.78 is 11.5. The molecule has 1 heterocycles. The van der Waals surface area contributed by atoms with Crippen molar-refractivity contribution in [3.05, 3.63) is 12.2 Å². The highest BCUT2D eigenvalue weighted by molar-refractivity contribution is 5.23. The van der Waals surface area contributed by atoms with Gasteiger partial charge in [0, 0.05) is 0 Å². The molecule has 74 valence electrons. The molecule has 1 saturated carbocycles. The van der Waals surface area contributed by atoms with E-state index in [2.05, 4.69) is 32.9 Å². The topological polar surface area (TPSA) is 18.5 Å². The van der Waals surface area contributed by atoms with Crippen LogP contribution in [0.2, 0.25) is 0 Å². The molecule has 1 atom stereocenters. The first-order valence-electron chi connectivity index (χ1n) is 5.06. The molecule has 1 unspecified atom stereocenters. The Morgan fingerprint density at radius 1 is 1.38 bits per heavy atom. The normalized spacial score (nSPS) is 34.8. The first kappa shape index (κ1) is 9.22. The molecule has 1 aliphatic carbocycles. The Labute approximate surface area is 79.9 Å². The lowest BCUT2D eigenvalue weighted by atomic mass is 10.1. The maximum Gasteiger partial charge on any atom is 0.108 e. The van der Waals surface area contributed by atoms with Crippen molar-refractivity contribution in [3.63, 3.8) is 0 Å². The quantitative estimate of drug-likeness (QED) is 0.623. The van der Waals surface area contributed by atoms with Crippen molar-refractivity contribution < 1.29 is 9.47 Å². The Morgan fingerprint density at radius 3 is 2.54 bits per heavy atom. The molecular formula is C11H18O2. The second-order valence-electron chi connectivity index (χ2n) is 4.67. The van der Waals surface area contributed by atoms with E-state index >= 15 is 0 Å². The van der Waals surface area contributed by atoms with Gasteiger partial charge in [0.05, 0.1) is 18.3 Å². The van der Waals surface area contributed by atoms with Crippen LogP contribution in [0, 0.1) is 0 Å². The molecule has 2 rings (SSSR count). The van der Waals surface area contributed by atoms with Gasteiger partial charge in [-0.05, 0) is 33.6 Å². The highest BCUT2D eigenvalue weighted by Crippen LogP contribution is 2.48. The van der Waals surface area contributed by atoms with Gasteiger partial charge in [0.2, 0.25) is 0 Å². The van der Waals surface area contributed by atoms with E-state index in [9.17, 15) is 0 Å². The lowest BCUT2D eigenvalue weighted by Gasteiger charge is -2.25. The number of hydrogen-bond donors (Lipinski definition) is 0. The van der Waals surface area contributed by atoms with Crippen LogP contribution in [-0.2, 0) is 9.47 Å². The second-order valence-corrected chi connectivity index (χ2v) is 4.67. The molecule has 0 bridgehead atoms. The predicted octanol–water partition coefficient (Wildman–Crippen LogP) is 2.29. The maximum absolute atomic E-state index is 5.96. The summed E-state index contributed by atoms with van der Waals surface area (Å²) in [6.45, 7) is 6.87. The molecule has 2 nitrogen and oxygen atoms in total. The fourth-order valence-corrected chi connectivity index (χ4v) is 1.66. The van der Waals surface area contributed by atoms with Crippen molar-refractivity contribution >= 4 is 0 Å². The average Bonchev–Trinajstić information content (AvgIpc) is 2.70. The van der Waals surface area contributed by atoms with E-state index in [1.807, 2.05) is 0 Å². The van der Waals surface area contributed by atoms with Gasteiger partial charge < -0.3 is 9.47 Å². The molecule has 1 aliphatic heterocycles. The number of ether oxygens (including phenoxy) is 2. The molecular weight excluding hydrogens is 164 g/mol. The lowest BCUT2D eigenvalue weighted by Crippen LogP contribution is -2.33. The van der Waals surface area contributed by atoms with Gasteiger partial charge in [0.1, 0.15) is 5.60 Å². The summed E-state index contributed by atoms with van der Waals surface area (Å²) >= 11 is 0. The second kappa shape index (κ2) is 2.82. The van der Waals surface area contributed by atoms with Gasteiger partial charge in [-0.1, -0.05) is 12.2 Å². The molecule has 0 N–H and O–H groups in total. The monoisotopic (exact) mass is 182 g/mol. The van der Waals surface area contributed by atoms with E-state index in [1.165, 1.54) is 12.8 Å². The Balaban J connectivity index is 1.88. The van der Waals surface area contributed by atoms with Crippen LogP contribution in [0.25, 0.3) is 0 Å². The van der Waals surface area contributed by atoms with E-state index in [-0.39, 0.29) is 17.3 Å². The molecule has 0 aromatic heterocycles. The van der Waals surface area contributed by atoms with Crippen molar-refractivity contribution in [1.29, 1.82) is 0 Å². The van der Waals surface area contributed by atoms with Gasteiger partial charge in [0.15, 0.2) is 0 Å². The van der Waals surface area contributed by atoms with Crippen LogP contribution in [-0.4, -0.2) is 23.9 Å². The van der Waals surface area contributed by atoms with Crippen molar-refractivity contribution in [3.8, 4) is 0 Å². The number of rotatable bonds is 3. The summed E-state index contributed by atoms with van der Waals surface area (Å²) in [6, 6.07) is 0. The van der Waals surface area contributed by atoms with Crippen molar-refractivity contribution in [2.45, 2.75) is 50.9 Å². The highest BCUT2D eigenvalue weighted by Gasteiger charge is 2.50. The van der Waals surface area contributed by atoms with Gasteiger partial charge >= 0.3 is 0 Å². The van der Waals surface area contributed by atoms with Crippen LogP contribution in [0.5, 0.6) is 0 Å². The standard InChI is InChI=1S/C11H18O2/c1-9(2)12-8-10(3)4-5-11(13-10)6-7-11/h4-5,9H,6-8H2,1-3H3. The third-order valence-electron chi connectivity index (χ3n) is 2.62. The summed E-state index contributed by atoms with van der Waals surface area (Å²) in [5.41, 5.74) is -0.0736. The fraction of sp³-hybridized carbons (Fsp3) is 0.818. The molecule has 0 aromatic rings. The smallest absolute Gasteiger partial charge is 0.108 e. The summed E-state index contributed by atoms with van der Waals surface area (Å²) in [5, 5.41) is 0. The molecule has 2 heteroatoms. The van der Waals surface area contributed by atoms with Crippen LogP contribution >= 0.6 is 0 Å². The Hall–Kier alpha value is -0.340. The summed E-state index contributed by atoms with van der Waals surface area (Å²) in [4.78, 5) is 0. The Bertz CT molecular complexity index is 228. The largest absolute Gasteiger partial charge is 0.375 e. The maximum atomic E-state index is 5.96. The minimum atomic E-state index is -0.180. The van der Waals surface area contributed by atoms with Crippen LogP contribution < -0.4 is 0 Å². The minimum absolute atomic E-state index is 0.106. The molecule has 13 heavy (non-hydrogen) atoms. The van der Waals surface area contributed by atoms with E-state index < -0.39 is 0 Å². The first-order chi connectivity index (χ1) is 6.04. The van der Waals surface area contributed by atoms with Crippen LogP contribution in [0.15, 0.2) is 12.2 Å². The molecule has 0 amide bonds. The van der Waals surface area contributed by atoms with Gasteiger partial charge in [-0.2, -0.15) is 0 Å². The molecule has 0 radical (unpaired) electrons. The molecule has 1 fully saturated rings. The molecule has 0 saturated heterocycles. The zero-order chi connectivity index (χ0) is 9.53. The van der Waals surface area contributed by atoms with Gasteiger partial charge in [-0.25, -0.2) is 0 Å². The van der Waals surface area contributed by atoms with Crippen LogP contribution in [0.1, 0.15) is 33.6 Å². The third-order valence-corrected chi connectivity index (χ3v) is 2.62.